The average Bonchev–Trinajstić information content (AvgIpc) is 2.84. The third-order valence-electron chi connectivity index (χ3n) is 5.02. The third kappa shape index (κ3) is 5.77. The number of carbonyl (C=O) groups excluding carboxylic acids is 2. The minimum Gasteiger partial charge on any atom is -0.508 e. The molecule has 178 valence electrons. The Bertz CT molecular complexity index is 1370. The fourth-order valence-electron chi connectivity index (χ4n) is 3.41. The molecule has 3 aromatic carbocycles. The van der Waals surface area contributed by atoms with Gasteiger partial charge in [0.05, 0.1) is 19.7 Å². The number of phenols is 1. The van der Waals surface area contributed by atoms with Gasteiger partial charge in [0.2, 0.25) is 11.8 Å². The van der Waals surface area contributed by atoms with Crippen molar-refractivity contribution in [1.82, 2.24) is 4.98 Å². The molecule has 0 spiro atoms. The van der Waals surface area contributed by atoms with Crippen LogP contribution in [0.4, 0.5) is 11.4 Å². The zero-order valence-electron chi connectivity index (χ0n) is 19.1. The van der Waals surface area contributed by atoms with Crippen molar-refractivity contribution in [3.05, 3.63) is 72.9 Å². The van der Waals surface area contributed by atoms with Crippen molar-refractivity contribution < 1.29 is 28.9 Å². The highest BCUT2D eigenvalue weighted by Crippen LogP contribution is 2.37. The first-order valence-corrected chi connectivity index (χ1v) is 10.6. The molecule has 3 N–H and O–H groups in total. The summed E-state index contributed by atoms with van der Waals surface area (Å²) in [6, 6.07) is 18.2. The number of aromatic hydroxyl groups is 1. The summed E-state index contributed by atoms with van der Waals surface area (Å²) in [4.78, 5) is 28.7. The molecule has 0 saturated carbocycles. The molecule has 0 saturated heterocycles. The molecule has 2 amide bonds. The van der Waals surface area contributed by atoms with Gasteiger partial charge in [0.1, 0.15) is 23.7 Å². The second-order valence-corrected chi connectivity index (χ2v) is 7.48. The molecule has 0 aliphatic heterocycles. The molecular weight excluding hydrogens is 450 g/mol. The fraction of sp³-hybridized carbons (Fsp3) is 0.115. The number of ether oxygens (including phenoxy) is 3. The fourth-order valence-corrected chi connectivity index (χ4v) is 3.41. The van der Waals surface area contributed by atoms with E-state index in [1.54, 1.807) is 75.0 Å². The molecule has 4 aromatic rings. The number of methoxy groups -OCH3 is 2. The Morgan fingerprint density at radius 3 is 2.20 bits per heavy atom. The van der Waals surface area contributed by atoms with Gasteiger partial charge >= 0.3 is 0 Å². The molecule has 0 atom stereocenters. The first-order chi connectivity index (χ1) is 16.9. The maximum atomic E-state index is 12.2. The minimum atomic E-state index is -0.496. The van der Waals surface area contributed by atoms with Crippen LogP contribution >= 0.6 is 0 Å². The average molecular weight is 473 g/mol. The van der Waals surface area contributed by atoms with Crippen LogP contribution in [0, 0.1) is 0 Å². The van der Waals surface area contributed by atoms with Crippen molar-refractivity contribution in [1.29, 1.82) is 0 Å². The molecule has 1 heterocycles. The smallest absolute Gasteiger partial charge is 0.233 e. The summed E-state index contributed by atoms with van der Waals surface area (Å²) in [7, 11) is 3.12. The molecule has 0 aliphatic carbocycles. The Balaban J connectivity index is 1.40. The van der Waals surface area contributed by atoms with Gasteiger partial charge in [0, 0.05) is 35.1 Å². The predicted molar refractivity (Wildman–Crippen MR) is 131 cm³/mol. The van der Waals surface area contributed by atoms with E-state index in [1.165, 1.54) is 12.1 Å². The first-order valence-electron chi connectivity index (χ1n) is 10.6. The van der Waals surface area contributed by atoms with Gasteiger partial charge in [-0.3, -0.25) is 14.6 Å². The lowest BCUT2D eigenvalue weighted by Crippen LogP contribution is -2.21. The highest BCUT2D eigenvalue weighted by Gasteiger charge is 2.13. The number of phenolic OH excluding ortho intramolecular Hbond substituents is 1. The second kappa shape index (κ2) is 10.4. The Morgan fingerprint density at radius 2 is 1.51 bits per heavy atom. The molecular formula is C26H23N3O6. The summed E-state index contributed by atoms with van der Waals surface area (Å²) < 4.78 is 16.7. The summed E-state index contributed by atoms with van der Waals surface area (Å²) in [5.41, 5.74) is 1.61. The largest absolute Gasteiger partial charge is 0.508 e. The van der Waals surface area contributed by atoms with Crippen molar-refractivity contribution in [3.8, 4) is 28.7 Å². The number of pyridine rings is 1. The number of fused-ring (bicyclic) bond motifs is 1. The summed E-state index contributed by atoms with van der Waals surface area (Å²) >= 11 is 0. The Hall–Kier alpha value is -4.79. The number of amides is 2. The van der Waals surface area contributed by atoms with Gasteiger partial charge in [-0.05, 0) is 48.5 Å². The van der Waals surface area contributed by atoms with Gasteiger partial charge in [-0.2, -0.15) is 0 Å². The Kier molecular flexibility index (Phi) is 6.96. The number of carbonyl (C=O) groups is 2. The number of hydrogen-bond donors (Lipinski definition) is 3. The van der Waals surface area contributed by atoms with Crippen molar-refractivity contribution in [2.24, 2.45) is 0 Å². The van der Waals surface area contributed by atoms with Crippen LogP contribution in [0.5, 0.6) is 28.7 Å². The van der Waals surface area contributed by atoms with E-state index in [4.69, 9.17) is 14.2 Å². The highest BCUT2D eigenvalue weighted by atomic mass is 16.5. The highest BCUT2D eigenvalue weighted by molar-refractivity contribution is 6.08. The zero-order chi connectivity index (χ0) is 24.8. The number of nitrogens with zero attached hydrogens (tertiary/aromatic N) is 1. The Morgan fingerprint density at radius 1 is 0.829 bits per heavy atom. The summed E-state index contributed by atoms with van der Waals surface area (Å²) in [6.07, 6.45) is 1.27. The number of nitrogens with one attached hydrogen (secondary N) is 2. The minimum absolute atomic E-state index is 0.0215. The Labute approximate surface area is 201 Å². The predicted octanol–water partition coefficient (Wildman–Crippen LogP) is 4.72. The number of benzene rings is 3. The first kappa shape index (κ1) is 23.4. The number of rotatable bonds is 8. The van der Waals surface area contributed by atoms with Crippen LogP contribution in [0.15, 0.2) is 72.9 Å². The topological polar surface area (TPSA) is 119 Å². The third-order valence-corrected chi connectivity index (χ3v) is 5.02. The van der Waals surface area contributed by atoms with Crippen molar-refractivity contribution in [3.63, 3.8) is 0 Å². The molecule has 0 radical (unpaired) electrons. The maximum absolute atomic E-state index is 12.2. The van der Waals surface area contributed by atoms with Crippen LogP contribution in [-0.4, -0.2) is 36.1 Å². The number of aromatic nitrogens is 1. The van der Waals surface area contributed by atoms with E-state index in [0.717, 1.165) is 5.39 Å². The molecule has 9 nitrogen and oxygen atoms in total. The van der Waals surface area contributed by atoms with Gasteiger partial charge in [-0.15, -0.1) is 0 Å². The van der Waals surface area contributed by atoms with Crippen LogP contribution in [0.1, 0.15) is 6.42 Å². The van der Waals surface area contributed by atoms with Crippen LogP contribution in [-0.2, 0) is 9.59 Å². The summed E-state index contributed by atoms with van der Waals surface area (Å²) in [5, 5.41) is 15.4. The summed E-state index contributed by atoms with van der Waals surface area (Å²) in [5.74, 6) is 1.31. The van der Waals surface area contributed by atoms with E-state index in [9.17, 15) is 14.7 Å². The molecule has 0 aliphatic rings. The number of hydrogen-bond acceptors (Lipinski definition) is 7. The van der Waals surface area contributed by atoms with Crippen LogP contribution < -0.4 is 24.8 Å². The molecule has 4 rings (SSSR count). The standard InChI is InChI=1S/C26H23N3O6/c1-33-23-13-20-21(14-24(23)34-2)27-11-10-22(20)35-19-8-6-16(7-9-19)28-25(31)15-26(32)29-17-4-3-5-18(30)12-17/h3-14,30H,15H2,1-2H3,(H,28,31)(H,29,32). The SMILES string of the molecule is COc1cc2nccc(Oc3ccc(NC(=O)CC(=O)Nc4cccc(O)c4)cc3)c2cc1OC. The van der Waals surface area contributed by atoms with Crippen LogP contribution in [0.3, 0.4) is 0 Å². The van der Waals surface area contributed by atoms with E-state index < -0.39 is 11.8 Å². The lowest BCUT2D eigenvalue weighted by Gasteiger charge is -2.12. The molecule has 0 unspecified atom stereocenters. The quantitative estimate of drug-likeness (QED) is 0.317. The van der Waals surface area contributed by atoms with Gasteiger partial charge in [-0.1, -0.05) is 6.07 Å². The molecule has 35 heavy (non-hydrogen) atoms. The normalized spacial score (nSPS) is 10.5. The number of anilines is 2. The van der Waals surface area contributed by atoms with Crippen LogP contribution in [0.25, 0.3) is 10.9 Å². The van der Waals surface area contributed by atoms with Gasteiger partial charge in [0.15, 0.2) is 11.5 Å². The summed E-state index contributed by atoms with van der Waals surface area (Å²) in [6.45, 7) is 0. The molecule has 9 heteroatoms. The van der Waals surface area contributed by atoms with E-state index >= 15 is 0 Å². The molecule has 1 aromatic heterocycles. The van der Waals surface area contributed by atoms with Crippen LogP contribution in [0.2, 0.25) is 0 Å². The molecule has 0 bridgehead atoms. The molecule has 0 fully saturated rings. The van der Waals surface area contributed by atoms with Gasteiger partial charge in [0.25, 0.3) is 0 Å². The van der Waals surface area contributed by atoms with E-state index in [2.05, 4.69) is 15.6 Å². The van der Waals surface area contributed by atoms with E-state index in [0.29, 0.717) is 39.9 Å². The lowest BCUT2D eigenvalue weighted by atomic mass is 10.2. The lowest BCUT2D eigenvalue weighted by molar-refractivity contribution is -0.123. The van der Waals surface area contributed by atoms with E-state index in [-0.39, 0.29) is 12.2 Å². The van der Waals surface area contributed by atoms with Crippen molar-refractivity contribution >= 4 is 34.1 Å². The maximum Gasteiger partial charge on any atom is 0.233 e. The van der Waals surface area contributed by atoms with Gasteiger partial charge < -0.3 is 30.0 Å². The van der Waals surface area contributed by atoms with E-state index in [1.807, 2.05) is 0 Å². The zero-order valence-corrected chi connectivity index (χ0v) is 19.1. The van der Waals surface area contributed by atoms with Crippen molar-refractivity contribution in [2.75, 3.05) is 24.9 Å². The van der Waals surface area contributed by atoms with Crippen molar-refractivity contribution in [2.45, 2.75) is 6.42 Å². The second-order valence-electron chi connectivity index (χ2n) is 7.48. The van der Waals surface area contributed by atoms with Gasteiger partial charge in [-0.25, -0.2) is 0 Å². The monoisotopic (exact) mass is 473 g/mol.